The number of aryl methyl sites for hydroxylation is 2. The van der Waals surface area contributed by atoms with Crippen LogP contribution in [0.3, 0.4) is 0 Å². The van der Waals surface area contributed by atoms with Gasteiger partial charge in [0.25, 0.3) is 5.56 Å². The zero-order chi connectivity index (χ0) is 19.0. The molecule has 0 radical (unpaired) electrons. The molecule has 0 unspecified atom stereocenters. The lowest BCUT2D eigenvalue weighted by Crippen LogP contribution is -2.39. The van der Waals surface area contributed by atoms with Gasteiger partial charge in [-0.3, -0.25) is 13.9 Å². The number of aromatic nitrogens is 4. The highest BCUT2D eigenvalue weighted by atomic mass is 19.1. The fourth-order valence-corrected chi connectivity index (χ4v) is 2.93. The Morgan fingerprint density at radius 2 is 1.62 bits per heavy atom. The van der Waals surface area contributed by atoms with E-state index in [0.29, 0.717) is 29.1 Å². The third kappa shape index (κ3) is 2.87. The molecule has 3 rings (SSSR count). The Morgan fingerprint density at radius 1 is 1.00 bits per heavy atom. The number of rotatable bonds is 4. The lowest BCUT2D eigenvalue weighted by atomic mass is 10.2. The Hall–Kier alpha value is -3.03. The third-order valence-corrected chi connectivity index (χ3v) is 4.22. The summed E-state index contributed by atoms with van der Waals surface area (Å²) >= 11 is 0. The molecule has 6 nitrogen and oxygen atoms in total. The van der Waals surface area contributed by atoms with Gasteiger partial charge < -0.3 is 4.57 Å². The van der Waals surface area contributed by atoms with Crippen molar-refractivity contribution in [1.82, 2.24) is 18.7 Å². The molecule has 0 aliphatic carbocycles. The quantitative estimate of drug-likeness (QED) is 0.718. The summed E-state index contributed by atoms with van der Waals surface area (Å²) in [5.41, 5.74) is 0.100. The van der Waals surface area contributed by atoms with Crippen molar-refractivity contribution in [3.05, 3.63) is 62.1 Å². The van der Waals surface area contributed by atoms with Crippen LogP contribution in [0.1, 0.15) is 25.2 Å². The van der Waals surface area contributed by atoms with Crippen LogP contribution in [0.4, 0.5) is 8.78 Å². The fraction of sp³-hybridized carbons (Fsp3) is 0.278. The molecule has 1 aromatic carbocycles. The van der Waals surface area contributed by atoms with Gasteiger partial charge in [0.05, 0.1) is 0 Å². The molecule has 0 saturated carbocycles. The normalized spacial score (nSPS) is 11.7. The molecule has 0 fully saturated rings. The van der Waals surface area contributed by atoms with Gasteiger partial charge in [-0.1, -0.05) is 6.08 Å². The monoisotopic (exact) mass is 360 g/mol. The summed E-state index contributed by atoms with van der Waals surface area (Å²) in [4.78, 5) is 29.4. The van der Waals surface area contributed by atoms with E-state index in [-0.39, 0.29) is 6.54 Å². The Labute approximate surface area is 147 Å². The van der Waals surface area contributed by atoms with Crippen LogP contribution in [-0.4, -0.2) is 18.7 Å². The molecular weight excluding hydrogens is 342 g/mol. The Balaban J connectivity index is 2.21. The average molecular weight is 360 g/mol. The summed E-state index contributed by atoms with van der Waals surface area (Å²) in [6.07, 6.45) is 3.05. The van der Waals surface area contributed by atoms with E-state index in [9.17, 15) is 18.4 Å². The van der Waals surface area contributed by atoms with Gasteiger partial charge in [0.2, 0.25) is 0 Å². The molecule has 26 heavy (non-hydrogen) atoms. The van der Waals surface area contributed by atoms with Gasteiger partial charge >= 0.3 is 5.69 Å². The van der Waals surface area contributed by atoms with Crippen molar-refractivity contribution in [2.45, 2.75) is 26.9 Å². The van der Waals surface area contributed by atoms with Crippen LogP contribution in [0.2, 0.25) is 0 Å². The van der Waals surface area contributed by atoms with Gasteiger partial charge in [-0.25, -0.2) is 18.6 Å². The molecule has 0 N–H and O–H groups in total. The summed E-state index contributed by atoms with van der Waals surface area (Å²) in [6.45, 7) is 4.15. The van der Waals surface area contributed by atoms with Crippen LogP contribution in [0.5, 0.6) is 0 Å². The van der Waals surface area contributed by atoms with Crippen molar-refractivity contribution in [3.63, 3.8) is 0 Å². The molecule has 0 bridgehead atoms. The van der Waals surface area contributed by atoms with Crippen molar-refractivity contribution in [2.75, 3.05) is 0 Å². The molecule has 2 aromatic heterocycles. The lowest BCUT2D eigenvalue weighted by Gasteiger charge is -2.08. The number of fused-ring (bicyclic) bond motifs is 1. The first-order valence-corrected chi connectivity index (χ1v) is 8.21. The maximum atomic E-state index is 13.3. The summed E-state index contributed by atoms with van der Waals surface area (Å²) in [7, 11) is 1.66. The van der Waals surface area contributed by atoms with Gasteiger partial charge in [0.15, 0.2) is 11.2 Å². The van der Waals surface area contributed by atoms with E-state index in [1.807, 2.05) is 0 Å². The van der Waals surface area contributed by atoms with Crippen molar-refractivity contribution in [1.29, 1.82) is 0 Å². The molecule has 0 atom stereocenters. The highest BCUT2D eigenvalue weighted by Crippen LogP contribution is 2.15. The van der Waals surface area contributed by atoms with E-state index in [4.69, 9.17) is 0 Å². The number of halogens is 2. The second-order valence-corrected chi connectivity index (χ2v) is 5.81. The van der Waals surface area contributed by atoms with Crippen LogP contribution in [0.15, 0.2) is 27.8 Å². The number of hydrogen-bond donors (Lipinski definition) is 0. The molecule has 0 aliphatic rings. The topological polar surface area (TPSA) is 61.8 Å². The minimum Gasteiger partial charge on any atom is -0.322 e. The lowest BCUT2D eigenvalue weighted by molar-refractivity contribution is 0.583. The highest BCUT2D eigenvalue weighted by molar-refractivity contribution is 5.76. The summed E-state index contributed by atoms with van der Waals surface area (Å²) in [5, 5.41) is 0. The molecule has 0 amide bonds. The van der Waals surface area contributed by atoms with Gasteiger partial charge in [0.1, 0.15) is 17.5 Å². The van der Waals surface area contributed by atoms with E-state index in [0.717, 1.165) is 10.6 Å². The maximum Gasteiger partial charge on any atom is 0.332 e. The first kappa shape index (κ1) is 17.8. The van der Waals surface area contributed by atoms with Gasteiger partial charge in [0, 0.05) is 26.2 Å². The molecule has 0 saturated heterocycles. The number of hydrogen-bond acceptors (Lipinski definition) is 3. The standard InChI is InChI=1S/C18H18F2N4O2/c1-4-23-16-15(17(25)24(5-2)18(23)26)22(3)14(21-16)7-6-11-8-12(19)10-13(20)9-11/h6-10H,4-5H2,1-3H3/b7-6+. The van der Waals surface area contributed by atoms with E-state index in [2.05, 4.69) is 4.98 Å². The van der Waals surface area contributed by atoms with Crippen molar-refractivity contribution in [3.8, 4) is 0 Å². The van der Waals surface area contributed by atoms with Crippen LogP contribution >= 0.6 is 0 Å². The number of imidazole rings is 1. The summed E-state index contributed by atoms with van der Waals surface area (Å²) < 4.78 is 30.8. The molecule has 3 aromatic rings. The molecular formula is C18H18F2N4O2. The zero-order valence-electron chi connectivity index (χ0n) is 14.7. The maximum absolute atomic E-state index is 13.3. The second kappa shape index (κ2) is 6.70. The zero-order valence-corrected chi connectivity index (χ0v) is 14.7. The molecule has 0 spiro atoms. The fourth-order valence-electron chi connectivity index (χ4n) is 2.93. The SMILES string of the molecule is CCn1c(=O)c2c(nc(/C=C/c3cc(F)cc(F)c3)n2C)n(CC)c1=O. The van der Waals surface area contributed by atoms with Crippen molar-refractivity contribution in [2.24, 2.45) is 7.05 Å². The first-order valence-electron chi connectivity index (χ1n) is 8.21. The third-order valence-electron chi connectivity index (χ3n) is 4.22. The Morgan fingerprint density at radius 3 is 2.19 bits per heavy atom. The van der Waals surface area contributed by atoms with E-state index in [1.165, 1.54) is 22.8 Å². The largest absolute Gasteiger partial charge is 0.332 e. The predicted octanol–water partition coefficient (Wildman–Crippen LogP) is 2.39. The van der Waals surface area contributed by atoms with E-state index in [1.54, 1.807) is 31.5 Å². The molecule has 0 aliphatic heterocycles. The van der Waals surface area contributed by atoms with Gasteiger partial charge in [-0.2, -0.15) is 0 Å². The highest BCUT2D eigenvalue weighted by Gasteiger charge is 2.17. The van der Waals surface area contributed by atoms with Crippen LogP contribution in [0.25, 0.3) is 23.3 Å². The second-order valence-electron chi connectivity index (χ2n) is 5.81. The minimum absolute atomic E-state index is 0.256. The first-order chi connectivity index (χ1) is 12.4. The minimum atomic E-state index is -0.680. The molecule has 8 heteroatoms. The smallest absolute Gasteiger partial charge is 0.322 e. The van der Waals surface area contributed by atoms with Crippen LogP contribution in [0, 0.1) is 11.6 Å². The number of benzene rings is 1. The van der Waals surface area contributed by atoms with Crippen molar-refractivity contribution < 1.29 is 8.78 Å². The molecule has 2 heterocycles. The summed E-state index contributed by atoms with van der Waals surface area (Å²) in [6, 6.07) is 3.17. The summed E-state index contributed by atoms with van der Waals surface area (Å²) in [5.74, 6) is -0.960. The number of nitrogens with zero attached hydrogens (tertiary/aromatic N) is 4. The Bertz CT molecular complexity index is 1120. The van der Waals surface area contributed by atoms with Gasteiger partial charge in [-0.15, -0.1) is 0 Å². The molecule has 136 valence electrons. The van der Waals surface area contributed by atoms with E-state index >= 15 is 0 Å². The van der Waals surface area contributed by atoms with Crippen molar-refractivity contribution >= 4 is 23.3 Å². The van der Waals surface area contributed by atoms with Gasteiger partial charge in [-0.05, 0) is 37.6 Å². The van der Waals surface area contributed by atoms with Crippen LogP contribution in [-0.2, 0) is 20.1 Å². The van der Waals surface area contributed by atoms with E-state index < -0.39 is 22.9 Å². The average Bonchev–Trinajstić information content (AvgIpc) is 2.90. The van der Waals surface area contributed by atoms with Crippen LogP contribution < -0.4 is 11.2 Å². The predicted molar refractivity (Wildman–Crippen MR) is 95.9 cm³/mol. The Kier molecular flexibility index (Phi) is 4.58.